The van der Waals surface area contributed by atoms with E-state index in [4.69, 9.17) is 4.98 Å². The van der Waals surface area contributed by atoms with Gasteiger partial charge in [-0.3, -0.25) is 0 Å². The maximum Gasteiger partial charge on any atom is 0.123 e. The number of nitrogens with one attached hydrogen (secondary N) is 1. The zero-order valence-electron chi connectivity index (χ0n) is 11.2. The van der Waals surface area contributed by atoms with Crippen LogP contribution in [0.1, 0.15) is 29.0 Å². The molecule has 2 nitrogen and oxygen atoms in total. The quantitative estimate of drug-likeness (QED) is 0.892. The minimum Gasteiger partial charge on any atom is -0.309 e. The number of benzene rings is 1. The van der Waals surface area contributed by atoms with E-state index in [1.54, 1.807) is 11.3 Å². The number of hydrogen-bond donors (Lipinski definition) is 1. The van der Waals surface area contributed by atoms with Crippen molar-refractivity contribution in [2.45, 2.75) is 39.3 Å². The van der Waals surface area contributed by atoms with Crippen LogP contribution >= 0.6 is 27.3 Å². The van der Waals surface area contributed by atoms with Crippen molar-refractivity contribution < 1.29 is 0 Å². The van der Waals surface area contributed by atoms with Gasteiger partial charge >= 0.3 is 0 Å². The lowest BCUT2D eigenvalue weighted by Crippen LogP contribution is -2.14. The zero-order valence-corrected chi connectivity index (χ0v) is 13.6. The van der Waals surface area contributed by atoms with Crippen LogP contribution in [0.3, 0.4) is 0 Å². The number of halogens is 1. The molecule has 1 aliphatic carbocycles. The lowest BCUT2D eigenvalue weighted by Gasteiger charge is -2.01. The van der Waals surface area contributed by atoms with Crippen molar-refractivity contribution >= 4 is 27.3 Å². The van der Waals surface area contributed by atoms with E-state index in [0.29, 0.717) is 0 Å². The number of nitrogens with zero attached hydrogens (tertiary/aromatic N) is 1. The van der Waals surface area contributed by atoms with Gasteiger partial charge in [0.15, 0.2) is 0 Å². The highest BCUT2D eigenvalue weighted by Gasteiger charge is 2.21. The van der Waals surface area contributed by atoms with Crippen LogP contribution in [-0.4, -0.2) is 11.0 Å². The maximum atomic E-state index is 4.71. The van der Waals surface area contributed by atoms with Crippen molar-refractivity contribution in [1.82, 2.24) is 10.3 Å². The first-order valence-electron chi connectivity index (χ1n) is 6.59. The lowest BCUT2D eigenvalue weighted by atomic mass is 10.2. The van der Waals surface area contributed by atoms with Gasteiger partial charge in [-0.05, 0) is 38.3 Å². The Kier molecular flexibility index (Phi) is 3.74. The predicted molar refractivity (Wildman–Crippen MR) is 84.6 cm³/mol. The molecule has 19 heavy (non-hydrogen) atoms. The van der Waals surface area contributed by atoms with E-state index in [2.05, 4.69) is 53.3 Å². The second-order valence-corrected chi connectivity index (χ2v) is 7.08. The minimum absolute atomic E-state index is 0.749. The van der Waals surface area contributed by atoms with Crippen molar-refractivity contribution in [2.24, 2.45) is 0 Å². The van der Waals surface area contributed by atoms with Crippen LogP contribution in [-0.2, 0) is 6.54 Å². The van der Waals surface area contributed by atoms with Crippen molar-refractivity contribution in [2.75, 3.05) is 0 Å². The van der Waals surface area contributed by atoms with Crippen LogP contribution < -0.4 is 5.32 Å². The summed E-state index contributed by atoms with van der Waals surface area (Å²) in [6.07, 6.45) is 2.66. The molecule has 0 atom stereocenters. The van der Waals surface area contributed by atoms with Gasteiger partial charge in [0, 0.05) is 27.5 Å². The normalized spacial score (nSPS) is 14.9. The largest absolute Gasteiger partial charge is 0.309 e. The summed E-state index contributed by atoms with van der Waals surface area (Å²) in [6.45, 7) is 5.17. The molecule has 1 aromatic heterocycles. The SMILES string of the molecule is Cc1ccc(-c2nc(C)c(CNC3CC3)s2)cc1Br. The van der Waals surface area contributed by atoms with Gasteiger partial charge < -0.3 is 5.32 Å². The highest BCUT2D eigenvalue weighted by molar-refractivity contribution is 9.10. The standard InChI is InChI=1S/C15H17BrN2S/c1-9-3-4-11(7-13(9)16)15-18-10(2)14(19-15)8-17-12-5-6-12/h3-4,7,12,17H,5-6,8H2,1-2H3. The molecular formula is C15H17BrN2S. The Morgan fingerprint density at radius 1 is 1.37 bits per heavy atom. The fraction of sp³-hybridized carbons (Fsp3) is 0.400. The number of thiazole rings is 1. The Hall–Kier alpha value is -0.710. The summed E-state index contributed by atoms with van der Waals surface area (Å²) in [4.78, 5) is 6.07. The molecule has 0 unspecified atom stereocenters. The van der Waals surface area contributed by atoms with Gasteiger partial charge in [-0.15, -0.1) is 11.3 Å². The van der Waals surface area contributed by atoms with Crippen LogP contribution in [0.4, 0.5) is 0 Å². The van der Waals surface area contributed by atoms with Gasteiger partial charge in [0.2, 0.25) is 0 Å². The Bertz CT molecular complexity index is 602. The Morgan fingerprint density at radius 2 is 2.16 bits per heavy atom. The van der Waals surface area contributed by atoms with E-state index in [1.807, 2.05) is 0 Å². The number of aromatic nitrogens is 1. The molecule has 0 bridgehead atoms. The van der Waals surface area contributed by atoms with E-state index < -0.39 is 0 Å². The Balaban J connectivity index is 1.83. The third kappa shape index (κ3) is 3.07. The van der Waals surface area contributed by atoms with Gasteiger partial charge in [0.05, 0.1) is 5.69 Å². The fourth-order valence-electron chi connectivity index (χ4n) is 1.97. The van der Waals surface area contributed by atoms with E-state index in [0.717, 1.165) is 27.8 Å². The highest BCUT2D eigenvalue weighted by Crippen LogP contribution is 2.31. The fourth-order valence-corrected chi connectivity index (χ4v) is 3.35. The minimum atomic E-state index is 0.749. The third-order valence-corrected chi connectivity index (χ3v) is 5.50. The summed E-state index contributed by atoms with van der Waals surface area (Å²) >= 11 is 5.39. The molecule has 3 rings (SSSR count). The average Bonchev–Trinajstić information content (AvgIpc) is 3.14. The Labute approximate surface area is 126 Å². The third-order valence-electron chi connectivity index (χ3n) is 3.44. The van der Waals surface area contributed by atoms with E-state index in [1.165, 1.54) is 28.8 Å². The molecule has 0 spiro atoms. The van der Waals surface area contributed by atoms with E-state index >= 15 is 0 Å². The smallest absolute Gasteiger partial charge is 0.123 e. The van der Waals surface area contributed by atoms with Crippen molar-refractivity contribution in [3.8, 4) is 10.6 Å². The van der Waals surface area contributed by atoms with Crippen LogP contribution in [0.15, 0.2) is 22.7 Å². The molecule has 0 radical (unpaired) electrons. The molecule has 0 amide bonds. The molecule has 4 heteroatoms. The summed E-state index contributed by atoms with van der Waals surface area (Å²) in [7, 11) is 0. The van der Waals surface area contributed by atoms with Crippen molar-refractivity contribution in [3.05, 3.63) is 38.8 Å². The molecule has 2 aromatic rings. The van der Waals surface area contributed by atoms with E-state index in [-0.39, 0.29) is 0 Å². The number of hydrogen-bond acceptors (Lipinski definition) is 3. The van der Waals surface area contributed by atoms with Crippen LogP contribution in [0.5, 0.6) is 0 Å². The molecule has 1 saturated carbocycles. The number of aryl methyl sites for hydroxylation is 2. The first-order valence-corrected chi connectivity index (χ1v) is 8.20. The maximum absolute atomic E-state index is 4.71. The second-order valence-electron chi connectivity index (χ2n) is 5.15. The van der Waals surface area contributed by atoms with Gasteiger partial charge in [-0.25, -0.2) is 4.98 Å². The molecular weight excluding hydrogens is 320 g/mol. The highest BCUT2D eigenvalue weighted by atomic mass is 79.9. The summed E-state index contributed by atoms with van der Waals surface area (Å²) < 4.78 is 1.15. The molecule has 1 heterocycles. The Morgan fingerprint density at radius 3 is 2.84 bits per heavy atom. The van der Waals surface area contributed by atoms with Crippen molar-refractivity contribution in [3.63, 3.8) is 0 Å². The van der Waals surface area contributed by atoms with E-state index in [9.17, 15) is 0 Å². The first kappa shape index (κ1) is 13.3. The summed E-state index contributed by atoms with van der Waals surface area (Å²) in [5.41, 5.74) is 3.61. The molecule has 100 valence electrons. The van der Waals surface area contributed by atoms with Gasteiger partial charge in [0.25, 0.3) is 0 Å². The van der Waals surface area contributed by atoms with Gasteiger partial charge in [-0.1, -0.05) is 28.1 Å². The van der Waals surface area contributed by atoms with Gasteiger partial charge in [0.1, 0.15) is 5.01 Å². The first-order chi connectivity index (χ1) is 9.13. The van der Waals surface area contributed by atoms with Crippen LogP contribution in [0, 0.1) is 13.8 Å². The lowest BCUT2D eigenvalue weighted by molar-refractivity contribution is 0.691. The molecule has 1 aliphatic rings. The summed E-state index contributed by atoms with van der Waals surface area (Å²) in [6, 6.07) is 7.19. The summed E-state index contributed by atoms with van der Waals surface area (Å²) in [5.74, 6) is 0. The zero-order chi connectivity index (χ0) is 13.4. The molecule has 1 fully saturated rings. The average molecular weight is 337 g/mol. The predicted octanol–water partition coefficient (Wildman–Crippen LogP) is 4.44. The molecule has 0 saturated heterocycles. The number of rotatable bonds is 4. The van der Waals surface area contributed by atoms with Crippen LogP contribution in [0.25, 0.3) is 10.6 Å². The molecule has 0 aliphatic heterocycles. The topological polar surface area (TPSA) is 24.9 Å². The van der Waals surface area contributed by atoms with Crippen molar-refractivity contribution in [1.29, 1.82) is 0 Å². The second kappa shape index (κ2) is 5.35. The van der Waals surface area contributed by atoms with Crippen LogP contribution in [0.2, 0.25) is 0 Å². The van der Waals surface area contributed by atoms with Gasteiger partial charge in [-0.2, -0.15) is 0 Å². The summed E-state index contributed by atoms with van der Waals surface area (Å²) in [5, 5.41) is 4.68. The monoisotopic (exact) mass is 336 g/mol. The molecule has 1 aromatic carbocycles. The molecule has 1 N–H and O–H groups in total.